The second-order valence-corrected chi connectivity index (χ2v) is 1.33. The Morgan fingerprint density at radius 2 is 2.12 bits per heavy atom. The van der Waals surface area contributed by atoms with E-state index in [1.165, 1.54) is 7.11 Å². The van der Waals surface area contributed by atoms with Crippen molar-refractivity contribution in [1.29, 1.82) is 0 Å². The molecule has 3 heteroatoms. The molecule has 0 N–H and O–H groups in total. The summed E-state index contributed by atoms with van der Waals surface area (Å²) in [5.41, 5.74) is 0. The van der Waals surface area contributed by atoms with Crippen LogP contribution in [0.5, 0.6) is 0 Å². The van der Waals surface area contributed by atoms with Crippen LogP contribution in [0, 0.1) is 0 Å². The Labute approximate surface area is 71.9 Å². The van der Waals surface area contributed by atoms with E-state index in [0.29, 0.717) is 6.42 Å². The fraction of sp³-hybridized carbons (Fsp3) is 0.800. The van der Waals surface area contributed by atoms with Crippen molar-refractivity contribution in [3.05, 3.63) is 0 Å². The van der Waals surface area contributed by atoms with E-state index < -0.39 is 0 Å². The van der Waals surface area contributed by atoms with E-state index in [0.717, 1.165) is 6.42 Å². The van der Waals surface area contributed by atoms with Gasteiger partial charge in [0.2, 0.25) is 0 Å². The first kappa shape index (κ1) is 11.3. The standard InChI is InChI=1S/C5H10O2.Na.H/c1-3-4-5(6)7-2;;/h3-4H2,1-2H3;;. The Balaban J connectivity index is 0. The number of carbonyl (C=O) groups excluding carboxylic acids is 1. The molecule has 0 aliphatic heterocycles. The average molecular weight is 126 g/mol. The summed E-state index contributed by atoms with van der Waals surface area (Å²) in [6, 6.07) is 0. The molecule has 44 valence electrons. The molecular formula is C5H11NaO2. The van der Waals surface area contributed by atoms with Crippen molar-refractivity contribution in [2.45, 2.75) is 19.8 Å². The van der Waals surface area contributed by atoms with Crippen molar-refractivity contribution < 1.29 is 9.53 Å². The molecule has 0 rings (SSSR count). The van der Waals surface area contributed by atoms with E-state index >= 15 is 0 Å². The van der Waals surface area contributed by atoms with Gasteiger partial charge in [0.15, 0.2) is 0 Å². The summed E-state index contributed by atoms with van der Waals surface area (Å²) < 4.78 is 4.35. The number of rotatable bonds is 2. The molecule has 0 aromatic heterocycles. The van der Waals surface area contributed by atoms with Gasteiger partial charge in [-0.05, 0) is 6.42 Å². The third-order valence-corrected chi connectivity index (χ3v) is 0.682. The summed E-state index contributed by atoms with van der Waals surface area (Å²) in [6.07, 6.45) is 1.41. The quantitative estimate of drug-likeness (QED) is 0.393. The van der Waals surface area contributed by atoms with Crippen LogP contribution >= 0.6 is 0 Å². The number of carbonyl (C=O) groups is 1. The Morgan fingerprint density at radius 1 is 1.62 bits per heavy atom. The zero-order valence-corrected chi connectivity index (χ0v) is 4.73. The first-order chi connectivity index (χ1) is 3.31. The summed E-state index contributed by atoms with van der Waals surface area (Å²) in [5.74, 6) is -0.123. The van der Waals surface area contributed by atoms with Gasteiger partial charge in [-0.1, -0.05) is 6.92 Å². The van der Waals surface area contributed by atoms with E-state index in [1.54, 1.807) is 0 Å². The fourth-order valence-corrected chi connectivity index (χ4v) is 0.306. The zero-order chi connectivity index (χ0) is 5.70. The monoisotopic (exact) mass is 126 g/mol. The molecule has 0 aromatic rings. The van der Waals surface area contributed by atoms with Crippen LogP contribution in [-0.4, -0.2) is 42.6 Å². The van der Waals surface area contributed by atoms with E-state index in [4.69, 9.17) is 0 Å². The van der Waals surface area contributed by atoms with E-state index in [1.807, 2.05) is 6.92 Å². The molecule has 0 aliphatic carbocycles. The van der Waals surface area contributed by atoms with Gasteiger partial charge in [-0.2, -0.15) is 0 Å². The third-order valence-electron chi connectivity index (χ3n) is 0.682. The third kappa shape index (κ3) is 6.47. The van der Waals surface area contributed by atoms with Crippen LogP contribution in [0.3, 0.4) is 0 Å². The Kier molecular flexibility index (Phi) is 10.5. The summed E-state index contributed by atoms with van der Waals surface area (Å²) in [5, 5.41) is 0. The number of methoxy groups -OCH3 is 1. The number of hydrogen-bond acceptors (Lipinski definition) is 2. The SMILES string of the molecule is CCCC(=O)OC.[NaH]. The topological polar surface area (TPSA) is 26.3 Å². The maximum absolute atomic E-state index is 10.2. The molecular weight excluding hydrogens is 115 g/mol. The molecule has 0 atom stereocenters. The Morgan fingerprint density at radius 3 is 2.25 bits per heavy atom. The average Bonchev–Trinajstić information content (AvgIpc) is 1.68. The minimum absolute atomic E-state index is 0. The zero-order valence-electron chi connectivity index (χ0n) is 4.73. The molecule has 0 fully saturated rings. The van der Waals surface area contributed by atoms with Gasteiger partial charge in [0.1, 0.15) is 0 Å². The minimum atomic E-state index is -0.123. The predicted molar refractivity (Wildman–Crippen MR) is 34.1 cm³/mol. The fourth-order valence-electron chi connectivity index (χ4n) is 0.306. The molecule has 0 bridgehead atoms. The molecule has 0 saturated carbocycles. The van der Waals surface area contributed by atoms with Crippen LogP contribution in [0.1, 0.15) is 19.8 Å². The molecule has 2 nitrogen and oxygen atoms in total. The van der Waals surface area contributed by atoms with Gasteiger partial charge in [-0.15, -0.1) is 0 Å². The Hall–Kier alpha value is 0.470. The molecule has 0 amide bonds. The van der Waals surface area contributed by atoms with Crippen LogP contribution in [0.15, 0.2) is 0 Å². The van der Waals surface area contributed by atoms with Gasteiger partial charge < -0.3 is 4.74 Å². The van der Waals surface area contributed by atoms with E-state index in [-0.39, 0.29) is 35.5 Å². The normalized spacial score (nSPS) is 7.25. The van der Waals surface area contributed by atoms with Crippen LogP contribution in [0.2, 0.25) is 0 Å². The van der Waals surface area contributed by atoms with Crippen LogP contribution in [0.25, 0.3) is 0 Å². The first-order valence-corrected chi connectivity index (χ1v) is 2.38. The van der Waals surface area contributed by atoms with Gasteiger partial charge in [0.25, 0.3) is 0 Å². The second kappa shape index (κ2) is 7.47. The van der Waals surface area contributed by atoms with E-state index in [2.05, 4.69) is 4.74 Å². The summed E-state index contributed by atoms with van der Waals surface area (Å²) in [6.45, 7) is 1.94. The first-order valence-electron chi connectivity index (χ1n) is 2.38. The molecule has 0 heterocycles. The van der Waals surface area contributed by atoms with Gasteiger partial charge in [0.05, 0.1) is 7.11 Å². The molecule has 0 spiro atoms. The molecule has 0 aromatic carbocycles. The van der Waals surface area contributed by atoms with Crippen molar-refractivity contribution in [2.24, 2.45) is 0 Å². The molecule has 0 aliphatic rings. The van der Waals surface area contributed by atoms with Gasteiger partial charge in [-0.25, -0.2) is 0 Å². The summed E-state index contributed by atoms with van der Waals surface area (Å²) in [7, 11) is 1.40. The second-order valence-electron chi connectivity index (χ2n) is 1.33. The summed E-state index contributed by atoms with van der Waals surface area (Å²) >= 11 is 0. The predicted octanol–water partition coefficient (Wildman–Crippen LogP) is 0.311. The van der Waals surface area contributed by atoms with E-state index in [9.17, 15) is 4.79 Å². The van der Waals surface area contributed by atoms with Gasteiger partial charge >= 0.3 is 35.5 Å². The van der Waals surface area contributed by atoms with Crippen LogP contribution < -0.4 is 0 Å². The van der Waals surface area contributed by atoms with Crippen molar-refractivity contribution >= 4 is 35.5 Å². The van der Waals surface area contributed by atoms with Crippen LogP contribution in [0.4, 0.5) is 0 Å². The number of ether oxygens (including phenoxy) is 1. The molecule has 0 unspecified atom stereocenters. The van der Waals surface area contributed by atoms with Gasteiger partial charge in [-0.3, -0.25) is 4.79 Å². The van der Waals surface area contributed by atoms with Crippen molar-refractivity contribution in [3.63, 3.8) is 0 Å². The molecule has 8 heavy (non-hydrogen) atoms. The van der Waals surface area contributed by atoms with Crippen molar-refractivity contribution in [3.8, 4) is 0 Å². The van der Waals surface area contributed by atoms with Crippen LogP contribution in [-0.2, 0) is 9.53 Å². The number of hydrogen-bond donors (Lipinski definition) is 0. The van der Waals surface area contributed by atoms with Crippen molar-refractivity contribution in [1.82, 2.24) is 0 Å². The maximum atomic E-state index is 10.2. The number of esters is 1. The summed E-state index contributed by atoms with van der Waals surface area (Å²) in [4.78, 5) is 10.2. The van der Waals surface area contributed by atoms with Crippen molar-refractivity contribution in [2.75, 3.05) is 7.11 Å². The Bertz CT molecular complexity index is 63.4. The molecule has 0 radical (unpaired) electrons. The molecule has 0 saturated heterocycles. The van der Waals surface area contributed by atoms with Gasteiger partial charge in [0, 0.05) is 6.42 Å².